The van der Waals surface area contributed by atoms with Crippen molar-refractivity contribution in [2.75, 3.05) is 23.8 Å². The molecule has 0 atom stereocenters. The van der Waals surface area contributed by atoms with E-state index in [4.69, 9.17) is 0 Å². The lowest BCUT2D eigenvalue weighted by molar-refractivity contribution is -0.119. The molecular weight excluding hydrogens is 295 g/mol. The minimum Gasteiger partial charge on any atom is -0.376 e. The zero-order chi connectivity index (χ0) is 14.2. The number of hydrogen-bond donors (Lipinski definition) is 3. The van der Waals surface area contributed by atoms with Crippen LogP contribution in [-0.2, 0) is 4.79 Å². The summed E-state index contributed by atoms with van der Waals surface area (Å²) in [6.45, 7) is 0.456. The van der Waals surface area contributed by atoms with Crippen LogP contribution in [0.2, 0.25) is 0 Å². The van der Waals surface area contributed by atoms with Gasteiger partial charge in [-0.2, -0.15) is 0 Å². The highest BCUT2D eigenvalue weighted by Crippen LogP contribution is 2.07. The number of nitrogens with zero attached hydrogens (tertiary/aromatic N) is 1. The van der Waals surface area contributed by atoms with Gasteiger partial charge in [-0.05, 0) is 36.4 Å². The number of benzene rings is 1. The molecule has 0 saturated carbocycles. The van der Waals surface area contributed by atoms with Crippen LogP contribution in [0.15, 0.2) is 48.8 Å². The van der Waals surface area contributed by atoms with Gasteiger partial charge in [-0.3, -0.25) is 9.78 Å². The van der Waals surface area contributed by atoms with Gasteiger partial charge in [0.15, 0.2) is 0 Å². The topological polar surface area (TPSA) is 66.0 Å². The Labute approximate surface area is 128 Å². The van der Waals surface area contributed by atoms with Crippen LogP contribution < -0.4 is 16.0 Å². The molecular formula is C14H16ClFN4O. The van der Waals surface area contributed by atoms with E-state index in [-0.39, 0.29) is 37.3 Å². The third-order valence-corrected chi connectivity index (χ3v) is 2.56. The molecule has 1 aromatic heterocycles. The normalized spacial score (nSPS) is 9.38. The maximum atomic E-state index is 12.7. The van der Waals surface area contributed by atoms with Gasteiger partial charge in [0.1, 0.15) is 5.82 Å². The van der Waals surface area contributed by atoms with Crippen molar-refractivity contribution < 1.29 is 9.18 Å². The van der Waals surface area contributed by atoms with E-state index in [1.54, 1.807) is 36.7 Å². The van der Waals surface area contributed by atoms with E-state index in [1.165, 1.54) is 12.1 Å². The lowest BCUT2D eigenvalue weighted by atomic mass is 10.3. The Morgan fingerprint density at radius 1 is 1.00 bits per heavy atom. The van der Waals surface area contributed by atoms with E-state index in [1.807, 2.05) is 0 Å². The Bertz CT molecular complexity index is 551. The standard InChI is InChI=1S/C14H15FN4O.ClH/c15-11-1-3-12(4-2-11)18-10-19-14(20)9-17-13-5-7-16-8-6-13;/h1-8,18H,9-10H2,(H,16,17)(H,19,20);1H. The summed E-state index contributed by atoms with van der Waals surface area (Å²) in [7, 11) is 0. The quantitative estimate of drug-likeness (QED) is 0.716. The second kappa shape index (κ2) is 8.76. The summed E-state index contributed by atoms with van der Waals surface area (Å²) in [5, 5.41) is 8.63. The smallest absolute Gasteiger partial charge is 0.240 e. The van der Waals surface area contributed by atoms with Gasteiger partial charge in [-0.1, -0.05) is 0 Å². The molecule has 0 radical (unpaired) electrons. The number of rotatable bonds is 6. The largest absolute Gasteiger partial charge is 0.376 e. The van der Waals surface area contributed by atoms with E-state index < -0.39 is 0 Å². The zero-order valence-corrected chi connectivity index (χ0v) is 12.0. The molecule has 0 spiro atoms. The van der Waals surface area contributed by atoms with Crippen LogP contribution >= 0.6 is 12.4 Å². The molecule has 3 N–H and O–H groups in total. The number of pyridine rings is 1. The minimum atomic E-state index is -0.291. The number of hydrogen-bond acceptors (Lipinski definition) is 4. The molecule has 2 aromatic rings. The SMILES string of the molecule is Cl.O=C(CNc1ccncc1)NCNc1ccc(F)cc1. The van der Waals surface area contributed by atoms with Crippen LogP contribution in [0.25, 0.3) is 0 Å². The first-order valence-corrected chi connectivity index (χ1v) is 6.14. The van der Waals surface area contributed by atoms with Gasteiger partial charge in [-0.15, -0.1) is 12.4 Å². The number of anilines is 2. The van der Waals surface area contributed by atoms with Gasteiger partial charge >= 0.3 is 0 Å². The number of nitrogens with one attached hydrogen (secondary N) is 3. The number of carbonyl (C=O) groups excluding carboxylic acids is 1. The molecule has 1 amide bonds. The van der Waals surface area contributed by atoms with Gasteiger partial charge in [0.25, 0.3) is 0 Å². The number of carbonyl (C=O) groups is 1. The van der Waals surface area contributed by atoms with Gasteiger partial charge in [0.2, 0.25) is 5.91 Å². The minimum absolute atomic E-state index is 0. The molecule has 112 valence electrons. The van der Waals surface area contributed by atoms with Crippen LogP contribution in [0.3, 0.4) is 0 Å². The third kappa shape index (κ3) is 6.09. The summed E-state index contributed by atoms with van der Waals surface area (Å²) in [4.78, 5) is 15.5. The Balaban J connectivity index is 0.00000220. The first-order chi connectivity index (χ1) is 9.74. The monoisotopic (exact) mass is 310 g/mol. The van der Waals surface area contributed by atoms with Crippen molar-refractivity contribution in [2.45, 2.75) is 0 Å². The molecule has 0 fully saturated rings. The van der Waals surface area contributed by atoms with E-state index in [9.17, 15) is 9.18 Å². The first kappa shape index (κ1) is 16.7. The predicted molar refractivity (Wildman–Crippen MR) is 83.0 cm³/mol. The van der Waals surface area contributed by atoms with E-state index >= 15 is 0 Å². The van der Waals surface area contributed by atoms with Crippen molar-refractivity contribution in [1.29, 1.82) is 0 Å². The molecule has 0 bridgehead atoms. The zero-order valence-electron chi connectivity index (χ0n) is 11.2. The second-order valence-corrected chi connectivity index (χ2v) is 4.05. The van der Waals surface area contributed by atoms with E-state index in [0.717, 1.165) is 11.4 Å². The van der Waals surface area contributed by atoms with Crippen molar-refractivity contribution in [3.8, 4) is 0 Å². The summed E-state index contributed by atoms with van der Waals surface area (Å²) in [5.74, 6) is -0.433. The highest BCUT2D eigenvalue weighted by atomic mass is 35.5. The number of aromatic nitrogens is 1. The summed E-state index contributed by atoms with van der Waals surface area (Å²) in [6.07, 6.45) is 3.30. The molecule has 7 heteroatoms. The Hall–Kier alpha value is -2.34. The molecule has 1 heterocycles. The fourth-order valence-corrected chi connectivity index (χ4v) is 1.53. The molecule has 0 aliphatic rings. The predicted octanol–water partition coefficient (Wildman–Crippen LogP) is 2.24. The van der Waals surface area contributed by atoms with E-state index in [2.05, 4.69) is 20.9 Å². The van der Waals surface area contributed by atoms with Crippen LogP contribution in [0.1, 0.15) is 0 Å². The molecule has 21 heavy (non-hydrogen) atoms. The van der Waals surface area contributed by atoms with Crippen LogP contribution in [0.4, 0.5) is 15.8 Å². The molecule has 2 rings (SSSR count). The number of amides is 1. The molecule has 0 aliphatic carbocycles. The summed E-state index contributed by atoms with van der Waals surface area (Å²) in [5.41, 5.74) is 1.58. The van der Waals surface area contributed by atoms with Crippen molar-refractivity contribution >= 4 is 29.7 Å². The maximum absolute atomic E-state index is 12.7. The average Bonchev–Trinajstić information content (AvgIpc) is 2.48. The Morgan fingerprint density at radius 2 is 1.62 bits per heavy atom. The maximum Gasteiger partial charge on any atom is 0.240 e. The molecule has 0 saturated heterocycles. The van der Waals surface area contributed by atoms with Crippen molar-refractivity contribution in [3.05, 3.63) is 54.6 Å². The molecule has 5 nitrogen and oxygen atoms in total. The van der Waals surface area contributed by atoms with Gasteiger partial charge in [0, 0.05) is 23.8 Å². The van der Waals surface area contributed by atoms with Crippen molar-refractivity contribution in [3.63, 3.8) is 0 Å². The second-order valence-electron chi connectivity index (χ2n) is 4.05. The highest BCUT2D eigenvalue weighted by Gasteiger charge is 2.00. The fourth-order valence-electron chi connectivity index (χ4n) is 1.53. The first-order valence-electron chi connectivity index (χ1n) is 6.14. The highest BCUT2D eigenvalue weighted by molar-refractivity contribution is 5.85. The number of halogens is 2. The van der Waals surface area contributed by atoms with Crippen molar-refractivity contribution in [1.82, 2.24) is 10.3 Å². The third-order valence-electron chi connectivity index (χ3n) is 2.56. The molecule has 0 unspecified atom stereocenters. The Kier molecular flexibility index (Phi) is 6.97. The lowest BCUT2D eigenvalue weighted by Gasteiger charge is -2.09. The summed E-state index contributed by atoms with van der Waals surface area (Å²) < 4.78 is 12.7. The van der Waals surface area contributed by atoms with Gasteiger partial charge in [0.05, 0.1) is 13.2 Å². The fraction of sp³-hybridized carbons (Fsp3) is 0.143. The summed E-state index contributed by atoms with van der Waals surface area (Å²) >= 11 is 0. The van der Waals surface area contributed by atoms with Gasteiger partial charge in [-0.25, -0.2) is 4.39 Å². The van der Waals surface area contributed by atoms with Crippen LogP contribution in [0.5, 0.6) is 0 Å². The molecule has 0 aliphatic heterocycles. The Morgan fingerprint density at radius 3 is 2.29 bits per heavy atom. The summed E-state index contributed by atoms with van der Waals surface area (Å²) in [6, 6.07) is 9.49. The molecule has 1 aromatic carbocycles. The van der Waals surface area contributed by atoms with Crippen LogP contribution in [0, 0.1) is 5.82 Å². The van der Waals surface area contributed by atoms with Crippen LogP contribution in [-0.4, -0.2) is 24.1 Å². The van der Waals surface area contributed by atoms with Gasteiger partial charge < -0.3 is 16.0 Å². The average molecular weight is 311 g/mol. The van der Waals surface area contributed by atoms with Crippen molar-refractivity contribution in [2.24, 2.45) is 0 Å². The lowest BCUT2D eigenvalue weighted by Crippen LogP contribution is -2.33. The van der Waals surface area contributed by atoms with E-state index in [0.29, 0.717) is 0 Å².